The molecular weight excluding hydrogens is 286 g/mol. The lowest BCUT2D eigenvalue weighted by molar-refractivity contribution is 0.167. The summed E-state index contributed by atoms with van der Waals surface area (Å²) in [5.74, 6) is 1.61. The SMILES string of the molecule is CC(C)(C)C1CCC(N2CCN(c3ncc(C#N)cn3)CC2)C1. The Kier molecular flexibility index (Phi) is 4.54. The van der Waals surface area contributed by atoms with Crippen LogP contribution in [-0.2, 0) is 0 Å². The second-order valence-electron chi connectivity index (χ2n) is 7.94. The molecule has 1 aromatic heterocycles. The Labute approximate surface area is 139 Å². The van der Waals surface area contributed by atoms with Gasteiger partial charge in [0.2, 0.25) is 5.95 Å². The summed E-state index contributed by atoms with van der Waals surface area (Å²) in [4.78, 5) is 13.5. The highest BCUT2D eigenvalue weighted by atomic mass is 15.3. The molecule has 1 saturated heterocycles. The standard InChI is InChI=1S/C18H27N5/c1-18(2,3)15-4-5-16(10-15)22-6-8-23(9-7-22)17-20-12-14(11-19)13-21-17/h12-13,15-16H,4-10H2,1-3H3. The summed E-state index contributed by atoms with van der Waals surface area (Å²) in [6, 6.07) is 2.82. The summed E-state index contributed by atoms with van der Waals surface area (Å²) >= 11 is 0. The maximum absolute atomic E-state index is 8.82. The van der Waals surface area contributed by atoms with Gasteiger partial charge in [0.05, 0.1) is 18.0 Å². The van der Waals surface area contributed by atoms with Gasteiger partial charge in [0.1, 0.15) is 6.07 Å². The van der Waals surface area contributed by atoms with Gasteiger partial charge in [0.15, 0.2) is 0 Å². The molecule has 0 radical (unpaired) electrons. The summed E-state index contributed by atoms with van der Waals surface area (Å²) in [5.41, 5.74) is 0.957. The van der Waals surface area contributed by atoms with Crippen molar-refractivity contribution in [1.82, 2.24) is 14.9 Å². The molecule has 5 heteroatoms. The third kappa shape index (κ3) is 3.64. The van der Waals surface area contributed by atoms with Gasteiger partial charge in [-0.05, 0) is 30.6 Å². The van der Waals surface area contributed by atoms with Crippen molar-refractivity contribution in [2.45, 2.75) is 46.1 Å². The lowest BCUT2D eigenvalue weighted by Crippen LogP contribution is -2.50. The minimum Gasteiger partial charge on any atom is -0.338 e. The number of hydrogen-bond acceptors (Lipinski definition) is 5. The van der Waals surface area contributed by atoms with E-state index < -0.39 is 0 Å². The van der Waals surface area contributed by atoms with Crippen molar-refractivity contribution in [1.29, 1.82) is 5.26 Å². The van der Waals surface area contributed by atoms with Crippen LogP contribution in [0.1, 0.15) is 45.6 Å². The second kappa shape index (κ2) is 6.45. The average Bonchev–Trinajstić information content (AvgIpc) is 3.05. The molecular formula is C18H27N5. The first-order valence-corrected chi connectivity index (χ1v) is 8.68. The number of nitrogens with zero attached hydrogens (tertiary/aromatic N) is 5. The van der Waals surface area contributed by atoms with E-state index in [-0.39, 0.29) is 0 Å². The molecule has 1 aliphatic heterocycles. The van der Waals surface area contributed by atoms with Crippen molar-refractivity contribution in [2.24, 2.45) is 11.3 Å². The van der Waals surface area contributed by atoms with Gasteiger partial charge in [-0.3, -0.25) is 4.90 Å². The van der Waals surface area contributed by atoms with E-state index in [0.29, 0.717) is 11.0 Å². The lowest BCUT2D eigenvalue weighted by atomic mass is 9.79. The van der Waals surface area contributed by atoms with Crippen molar-refractivity contribution in [3.8, 4) is 6.07 Å². The topological polar surface area (TPSA) is 56.0 Å². The molecule has 0 spiro atoms. The Morgan fingerprint density at radius 1 is 1.09 bits per heavy atom. The molecule has 0 N–H and O–H groups in total. The van der Waals surface area contributed by atoms with Crippen LogP contribution < -0.4 is 4.90 Å². The van der Waals surface area contributed by atoms with Crippen LogP contribution in [0.5, 0.6) is 0 Å². The molecule has 0 aromatic carbocycles. The molecule has 23 heavy (non-hydrogen) atoms. The quantitative estimate of drug-likeness (QED) is 0.840. The molecule has 0 amide bonds. The molecule has 5 nitrogen and oxygen atoms in total. The van der Waals surface area contributed by atoms with Gasteiger partial charge in [-0.2, -0.15) is 5.26 Å². The largest absolute Gasteiger partial charge is 0.338 e. The Bertz CT molecular complexity index is 561. The van der Waals surface area contributed by atoms with Crippen LogP contribution in [-0.4, -0.2) is 47.1 Å². The molecule has 2 aliphatic rings. The Morgan fingerprint density at radius 3 is 2.26 bits per heavy atom. The van der Waals surface area contributed by atoms with E-state index >= 15 is 0 Å². The van der Waals surface area contributed by atoms with Gasteiger partial charge in [-0.25, -0.2) is 9.97 Å². The number of anilines is 1. The first-order chi connectivity index (χ1) is 11.0. The van der Waals surface area contributed by atoms with E-state index in [1.165, 1.54) is 19.3 Å². The van der Waals surface area contributed by atoms with Crippen LogP contribution in [0.25, 0.3) is 0 Å². The highest BCUT2D eigenvalue weighted by Gasteiger charge is 2.36. The fourth-order valence-electron chi connectivity index (χ4n) is 3.91. The Hall–Kier alpha value is -1.67. The van der Waals surface area contributed by atoms with Crippen LogP contribution in [0.4, 0.5) is 5.95 Å². The minimum atomic E-state index is 0.437. The Balaban J connectivity index is 1.53. The van der Waals surface area contributed by atoms with Gasteiger partial charge in [0.25, 0.3) is 0 Å². The molecule has 1 aromatic rings. The van der Waals surface area contributed by atoms with Crippen molar-refractivity contribution in [3.05, 3.63) is 18.0 Å². The van der Waals surface area contributed by atoms with Gasteiger partial charge >= 0.3 is 0 Å². The monoisotopic (exact) mass is 313 g/mol. The number of aromatic nitrogens is 2. The van der Waals surface area contributed by atoms with Crippen molar-refractivity contribution in [3.63, 3.8) is 0 Å². The van der Waals surface area contributed by atoms with E-state index in [0.717, 1.165) is 44.1 Å². The Morgan fingerprint density at radius 2 is 1.74 bits per heavy atom. The molecule has 1 saturated carbocycles. The number of piperazine rings is 1. The molecule has 124 valence electrons. The van der Waals surface area contributed by atoms with Crippen LogP contribution in [0.2, 0.25) is 0 Å². The predicted molar refractivity (Wildman–Crippen MR) is 91.1 cm³/mol. The summed E-state index contributed by atoms with van der Waals surface area (Å²) in [7, 11) is 0. The fourth-order valence-corrected chi connectivity index (χ4v) is 3.91. The highest BCUT2D eigenvalue weighted by Crippen LogP contribution is 2.41. The number of hydrogen-bond donors (Lipinski definition) is 0. The molecule has 3 rings (SSSR count). The van der Waals surface area contributed by atoms with Gasteiger partial charge in [0, 0.05) is 32.2 Å². The normalized spacial score (nSPS) is 26.3. The van der Waals surface area contributed by atoms with Gasteiger partial charge < -0.3 is 4.90 Å². The highest BCUT2D eigenvalue weighted by molar-refractivity contribution is 5.33. The molecule has 2 heterocycles. The zero-order valence-corrected chi connectivity index (χ0v) is 14.5. The van der Waals surface area contributed by atoms with E-state index in [4.69, 9.17) is 5.26 Å². The molecule has 2 atom stereocenters. The van der Waals surface area contributed by atoms with E-state index in [1.807, 2.05) is 0 Å². The zero-order valence-electron chi connectivity index (χ0n) is 14.5. The van der Waals surface area contributed by atoms with Crippen LogP contribution in [0, 0.1) is 22.7 Å². The van der Waals surface area contributed by atoms with Gasteiger partial charge in [-0.1, -0.05) is 20.8 Å². The lowest BCUT2D eigenvalue weighted by Gasteiger charge is -2.38. The first-order valence-electron chi connectivity index (χ1n) is 8.68. The van der Waals surface area contributed by atoms with Crippen molar-refractivity contribution in [2.75, 3.05) is 31.1 Å². The van der Waals surface area contributed by atoms with Crippen LogP contribution in [0.3, 0.4) is 0 Å². The van der Waals surface area contributed by atoms with Crippen LogP contribution >= 0.6 is 0 Å². The van der Waals surface area contributed by atoms with Gasteiger partial charge in [-0.15, -0.1) is 0 Å². The van der Waals surface area contributed by atoms with Crippen molar-refractivity contribution < 1.29 is 0 Å². The molecule has 0 bridgehead atoms. The molecule has 2 unspecified atom stereocenters. The molecule has 1 aliphatic carbocycles. The predicted octanol–water partition coefficient (Wildman–Crippen LogP) is 2.69. The summed E-state index contributed by atoms with van der Waals surface area (Å²) in [6.07, 6.45) is 7.28. The van der Waals surface area contributed by atoms with E-state index in [9.17, 15) is 0 Å². The summed E-state index contributed by atoms with van der Waals surface area (Å²) in [5, 5.41) is 8.82. The maximum atomic E-state index is 8.82. The maximum Gasteiger partial charge on any atom is 0.225 e. The summed E-state index contributed by atoms with van der Waals surface area (Å²) in [6.45, 7) is 11.3. The average molecular weight is 313 g/mol. The fraction of sp³-hybridized carbons (Fsp3) is 0.722. The second-order valence-corrected chi connectivity index (χ2v) is 7.94. The third-order valence-electron chi connectivity index (χ3n) is 5.51. The first kappa shape index (κ1) is 16.2. The van der Waals surface area contributed by atoms with E-state index in [1.54, 1.807) is 12.4 Å². The van der Waals surface area contributed by atoms with E-state index in [2.05, 4.69) is 46.6 Å². The summed E-state index contributed by atoms with van der Waals surface area (Å²) < 4.78 is 0. The minimum absolute atomic E-state index is 0.437. The number of rotatable bonds is 2. The smallest absolute Gasteiger partial charge is 0.225 e. The van der Waals surface area contributed by atoms with Crippen LogP contribution in [0.15, 0.2) is 12.4 Å². The van der Waals surface area contributed by atoms with Crippen molar-refractivity contribution >= 4 is 5.95 Å². The third-order valence-corrected chi connectivity index (χ3v) is 5.51. The molecule has 2 fully saturated rings. The zero-order chi connectivity index (χ0) is 16.4. The number of nitriles is 1.